The zero-order valence-electron chi connectivity index (χ0n) is 12.6. The summed E-state index contributed by atoms with van der Waals surface area (Å²) in [6.07, 6.45) is 1.09. The van der Waals surface area contributed by atoms with E-state index in [-0.39, 0.29) is 12.0 Å². The normalized spacial score (nSPS) is 10.8. The Morgan fingerprint density at radius 2 is 2.00 bits per heavy atom. The first-order valence-electron chi connectivity index (χ1n) is 7.20. The second-order valence-corrected chi connectivity index (χ2v) is 6.14. The molecule has 112 valence electrons. The molecule has 0 saturated carbocycles. The Kier molecular flexibility index (Phi) is 8.38. The van der Waals surface area contributed by atoms with Crippen LogP contribution in [0.3, 0.4) is 0 Å². The average molecular weight is 295 g/mol. The first-order chi connectivity index (χ1) is 9.63. The lowest BCUT2D eigenvalue weighted by molar-refractivity contribution is 0.0757. The number of hydrogen-bond donors (Lipinski definition) is 1. The van der Waals surface area contributed by atoms with Crippen LogP contribution >= 0.6 is 11.8 Å². The molecule has 0 aliphatic rings. The molecule has 0 aliphatic carbocycles. The monoisotopic (exact) mass is 295 g/mol. The van der Waals surface area contributed by atoms with Gasteiger partial charge in [-0.15, -0.1) is 0 Å². The van der Waals surface area contributed by atoms with E-state index < -0.39 is 0 Å². The van der Waals surface area contributed by atoms with Crippen molar-refractivity contribution in [2.24, 2.45) is 0 Å². The van der Waals surface area contributed by atoms with E-state index in [0.29, 0.717) is 13.2 Å². The van der Waals surface area contributed by atoms with Gasteiger partial charge >= 0.3 is 0 Å². The molecule has 1 aromatic carbocycles. The molecule has 0 unspecified atom stereocenters. The molecular weight excluding hydrogens is 270 g/mol. The predicted molar refractivity (Wildman–Crippen MR) is 86.3 cm³/mol. The molecule has 0 heterocycles. The van der Waals surface area contributed by atoms with E-state index >= 15 is 0 Å². The van der Waals surface area contributed by atoms with Gasteiger partial charge in [-0.3, -0.25) is 4.79 Å². The topological polar surface area (TPSA) is 38.3 Å². The lowest BCUT2D eigenvalue weighted by Crippen LogP contribution is -2.25. The average Bonchev–Trinajstić information content (AvgIpc) is 2.44. The van der Waals surface area contributed by atoms with Crippen molar-refractivity contribution < 1.29 is 9.53 Å². The Morgan fingerprint density at radius 3 is 2.60 bits per heavy atom. The van der Waals surface area contributed by atoms with Crippen molar-refractivity contribution >= 4 is 17.7 Å². The zero-order chi connectivity index (χ0) is 14.8. The van der Waals surface area contributed by atoms with Gasteiger partial charge in [0.05, 0.1) is 6.10 Å². The summed E-state index contributed by atoms with van der Waals surface area (Å²) < 4.78 is 5.43. The quantitative estimate of drug-likeness (QED) is 0.709. The third-order valence-electron chi connectivity index (χ3n) is 2.75. The summed E-state index contributed by atoms with van der Waals surface area (Å²) in [5.41, 5.74) is 1.98. The molecule has 1 rings (SSSR count). The minimum Gasteiger partial charge on any atom is -0.379 e. The number of carbonyl (C=O) groups is 1. The van der Waals surface area contributed by atoms with Gasteiger partial charge in [-0.25, -0.2) is 0 Å². The van der Waals surface area contributed by atoms with Crippen LogP contribution in [-0.2, 0) is 10.5 Å². The molecule has 1 amide bonds. The number of amides is 1. The molecule has 1 aromatic rings. The van der Waals surface area contributed by atoms with Crippen molar-refractivity contribution in [2.45, 2.75) is 39.0 Å². The maximum Gasteiger partial charge on any atom is 0.251 e. The smallest absolute Gasteiger partial charge is 0.251 e. The summed E-state index contributed by atoms with van der Waals surface area (Å²) in [6.45, 7) is 7.51. The second kappa shape index (κ2) is 9.83. The number of thioether (sulfide) groups is 1. The van der Waals surface area contributed by atoms with E-state index in [1.807, 2.05) is 49.9 Å². The zero-order valence-corrected chi connectivity index (χ0v) is 13.5. The maximum atomic E-state index is 11.9. The van der Waals surface area contributed by atoms with Gasteiger partial charge in [0.25, 0.3) is 5.91 Å². The molecule has 4 heteroatoms. The molecule has 0 saturated heterocycles. The van der Waals surface area contributed by atoms with Crippen molar-refractivity contribution in [2.75, 3.05) is 18.9 Å². The van der Waals surface area contributed by atoms with Crippen molar-refractivity contribution in [3.8, 4) is 0 Å². The fourth-order valence-corrected chi connectivity index (χ4v) is 2.30. The molecule has 1 N–H and O–H groups in total. The molecule has 0 atom stereocenters. The van der Waals surface area contributed by atoms with E-state index in [0.717, 1.165) is 23.5 Å². The molecule has 0 radical (unpaired) electrons. The van der Waals surface area contributed by atoms with Gasteiger partial charge in [-0.05, 0) is 43.7 Å². The lowest BCUT2D eigenvalue weighted by atomic mass is 10.1. The Hall–Kier alpha value is -1.00. The van der Waals surface area contributed by atoms with Crippen LogP contribution in [-0.4, -0.2) is 30.9 Å². The van der Waals surface area contributed by atoms with Gasteiger partial charge in [-0.2, -0.15) is 11.8 Å². The van der Waals surface area contributed by atoms with Gasteiger partial charge in [-0.1, -0.05) is 19.1 Å². The molecule has 0 bridgehead atoms. The number of hydrogen-bond acceptors (Lipinski definition) is 3. The summed E-state index contributed by atoms with van der Waals surface area (Å²) in [5.74, 6) is 2.11. The van der Waals surface area contributed by atoms with Gasteiger partial charge < -0.3 is 10.1 Å². The first-order valence-corrected chi connectivity index (χ1v) is 8.35. The summed E-state index contributed by atoms with van der Waals surface area (Å²) in [6, 6.07) is 7.84. The summed E-state index contributed by atoms with van der Waals surface area (Å²) in [5, 5.41) is 2.91. The molecular formula is C16H25NO2S. The fourth-order valence-electron chi connectivity index (χ4n) is 1.67. The van der Waals surface area contributed by atoms with Crippen LogP contribution in [0.1, 0.15) is 43.1 Å². The SMILES string of the molecule is CCSCc1ccc(C(=O)NCCCOC(C)C)cc1. The third-order valence-corrected chi connectivity index (χ3v) is 3.69. The minimum atomic E-state index is -0.00996. The van der Waals surface area contributed by atoms with Gasteiger partial charge in [0.2, 0.25) is 0 Å². The number of carbonyl (C=O) groups excluding carboxylic acids is 1. The molecule has 3 nitrogen and oxygen atoms in total. The predicted octanol–water partition coefficient (Wildman–Crippen LogP) is 3.48. The highest BCUT2D eigenvalue weighted by Crippen LogP contribution is 2.12. The molecule has 20 heavy (non-hydrogen) atoms. The Bertz CT molecular complexity index is 390. The van der Waals surface area contributed by atoms with E-state index in [1.165, 1.54) is 5.56 Å². The van der Waals surface area contributed by atoms with Crippen LogP contribution in [0.25, 0.3) is 0 Å². The van der Waals surface area contributed by atoms with Crippen molar-refractivity contribution in [3.05, 3.63) is 35.4 Å². The van der Waals surface area contributed by atoms with E-state index in [2.05, 4.69) is 12.2 Å². The maximum absolute atomic E-state index is 11.9. The highest BCUT2D eigenvalue weighted by molar-refractivity contribution is 7.98. The van der Waals surface area contributed by atoms with Gasteiger partial charge in [0.15, 0.2) is 0 Å². The minimum absolute atomic E-state index is 0.00996. The Labute approximate surface area is 126 Å². The van der Waals surface area contributed by atoms with Crippen molar-refractivity contribution in [1.82, 2.24) is 5.32 Å². The lowest BCUT2D eigenvalue weighted by Gasteiger charge is -2.08. The number of ether oxygens (including phenoxy) is 1. The number of rotatable bonds is 9. The van der Waals surface area contributed by atoms with E-state index in [1.54, 1.807) is 0 Å². The van der Waals surface area contributed by atoms with Crippen LogP contribution < -0.4 is 5.32 Å². The fraction of sp³-hybridized carbons (Fsp3) is 0.562. The molecule has 0 fully saturated rings. The number of benzene rings is 1. The van der Waals surface area contributed by atoms with Crippen LogP contribution in [0.4, 0.5) is 0 Å². The standard InChI is InChI=1S/C16H25NO2S/c1-4-20-12-14-6-8-15(9-7-14)16(18)17-10-5-11-19-13(2)3/h6-9,13H,4-5,10-12H2,1-3H3,(H,17,18). The summed E-state index contributed by atoms with van der Waals surface area (Å²) in [4.78, 5) is 11.9. The molecule has 0 spiro atoms. The van der Waals surface area contributed by atoms with Crippen LogP contribution in [0, 0.1) is 0 Å². The summed E-state index contributed by atoms with van der Waals surface area (Å²) in [7, 11) is 0. The number of nitrogens with one attached hydrogen (secondary N) is 1. The molecule has 0 aromatic heterocycles. The largest absolute Gasteiger partial charge is 0.379 e. The second-order valence-electron chi connectivity index (χ2n) is 4.86. The Morgan fingerprint density at radius 1 is 1.30 bits per heavy atom. The van der Waals surface area contributed by atoms with Crippen molar-refractivity contribution in [3.63, 3.8) is 0 Å². The van der Waals surface area contributed by atoms with E-state index in [9.17, 15) is 4.79 Å². The van der Waals surface area contributed by atoms with Crippen LogP contribution in [0.15, 0.2) is 24.3 Å². The van der Waals surface area contributed by atoms with Crippen LogP contribution in [0.5, 0.6) is 0 Å². The van der Waals surface area contributed by atoms with Crippen molar-refractivity contribution in [1.29, 1.82) is 0 Å². The van der Waals surface area contributed by atoms with Crippen LogP contribution in [0.2, 0.25) is 0 Å². The third kappa shape index (κ3) is 6.96. The first kappa shape index (κ1) is 17.1. The summed E-state index contributed by atoms with van der Waals surface area (Å²) >= 11 is 1.88. The van der Waals surface area contributed by atoms with Gasteiger partial charge in [0.1, 0.15) is 0 Å². The van der Waals surface area contributed by atoms with E-state index in [4.69, 9.17) is 4.74 Å². The Balaban J connectivity index is 2.29. The van der Waals surface area contributed by atoms with Gasteiger partial charge in [0, 0.05) is 24.5 Å². The highest BCUT2D eigenvalue weighted by Gasteiger charge is 2.04. The molecule has 0 aliphatic heterocycles. The highest BCUT2D eigenvalue weighted by atomic mass is 32.2.